The summed E-state index contributed by atoms with van der Waals surface area (Å²) in [5.74, 6) is 0. The lowest BCUT2D eigenvalue weighted by Crippen LogP contribution is -2.17. The SMILES string of the molecule is CCCCOCCOCCOC(OCCOCCOCCCC)c1ccc(CC)cc1. The summed E-state index contributed by atoms with van der Waals surface area (Å²) in [6.45, 7) is 12.4. The molecule has 0 aliphatic carbocycles. The van der Waals surface area contributed by atoms with Gasteiger partial charge in [-0.1, -0.05) is 57.9 Å². The maximum absolute atomic E-state index is 5.95. The van der Waals surface area contributed by atoms with Gasteiger partial charge in [-0.05, 0) is 24.8 Å². The number of hydrogen-bond donors (Lipinski definition) is 0. The minimum Gasteiger partial charge on any atom is -0.379 e. The van der Waals surface area contributed by atoms with Crippen LogP contribution in [0.15, 0.2) is 24.3 Å². The second-order valence-electron chi connectivity index (χ2n) is 7.33. The van der Waals surface area contributed by atoms with E-state index in [0.29, 0.717) is 52.9 Å². The van der Waals surface area contributed by atoms with Crippen LogP contribution in [0.3, 0.4) is 0 Å². The summed E-state index contributed by atoms with van der Waals surface area (Å²) >= 11 is 0. The van der Waals surface area contributed by atoms with Crippen molar-refractivity contribution in [2.75, 3.05) is 66.1 Å². The van der Waals surface area contributed by atoms with Gasteiger partial charge in [0.25, 0.3) is 0 Å². The molecule has 0 saturated heterocycles. The molecule has 0 radical (unpaired) electrons. The Kier molecular flexibility index (Phi) is 18.8. The first-order valence-corrected chi connectivity index (χ1v) is 11.9. The van der Waals surface area contributed by atoms with Gasteiger partial charge in [0.05, 0.1) is 52.9 Å². The summed E-state index contributed by atoms with van der Waals surface area (Å²) < 4.78 is 34.1. The minimum absolute atomic E-state index is 0.431. The average Bonchev–Trinajstić information content (AvgIpc) is 2.80. The van der Waals surface area contributed by atoms with Gasteiger partial charge in [0.15, 0.2) is 6.29 Å². The largest absolute Gasteiger partial charge is 0.379 e. The Morgan fingerprint density at radius 1 is 0.548 bits per heavy atom. The predicted molar refractivity (Wildman–Crippen MR) is 124 cm³/mol. The van der Waals surface area contributed by atoms with Gasteiger partial charge in [-0.3, -0.25) is 0 Å². The summed E-state index contributed by atoms with van der Waals surface area (Å²) in [5.41, 5.74) is 2.29. The zero-order chi connectivity index (χ0) is 22.4. The number of unbranched alkanes of at least 4 members (excludes halogenated alkanes) is 2. The topological polar surface area (TPSA) is 55.4 Å². The van der Waals surface area contributed by atoms with Gasteiger partial charge in [-0.15, -0.1) is 0 Å². The molecule has 6 nitrogen and oxygen atoms in total. The summed E-state index contributed by atoms with van der Waals surface area (Å²) in [7, 11) is 0. The lowest BCUT2D eigenvalue weighted by atomic mass is 10.1. The lowest BCUT2D eigenvalue weighted by Gasteiger charge is -2.19. The monoisotopic (exact) mass is 440 g/mol. The van der Waals surface area contributed by atoms with Crippen molar-refractivity contribution in [2.45, 2.75) is 59.2 Å². The summed E-state index contributed by atoms with van der Waals surface area (Å²) in [6.07, 6.45) is 5.05. The molecule has 31 heavy (non-hydrogen) atoms. The van der Waals surface area contributed by atoms with Crippen LogP contribution in [0.1, 0.15) is 63.9 Å². The fourth-order valence-electron chi connectivity index (χ4n) is 2.72. The fourth-order valence-corrected chi connectivity index (χ4v) is 2.72. The van der Waals surface area contributed by atoms with Crippen LogP contribution in [0.4, 0.5) is 0 Å². The second-order valence-corrected chi connectivity index (χ2v) is 7.33. The average molecular weight is 441 g/mol. The molecule has 1 aromatic rings. The van der Waals surface area contributed by atoms with Gasteiger partial charge >= 0.3 is 0 Å². The molecule has 1 rings (SSSR count). The zero-order valence-corrected chi connectivity index (χ0v) is 19.9. The standard InChI is InChI=1S/C25H44O6/c1-4-7-13-26-15-17-28-19-21-30-25(24-11-9-23(6-3)10-12-24)31-22-20-29-18-16-27-14-8-5-2/h9-12,25H,4-8,13-22H2,1-3H3. The van der Waals surface area contributed by atoms with Gasteiger partial charge in [-0.25, -0.2) is 0 Å². The van der Waals surface area contributed by atoms with E-state index in [9.17, 15) is 0 Å². The van der Waals surface area contributed by atoms with Crippen molar-refractivity contribution in [3.63, 3.8) is 0 Å². The number of hydrogen-bond acceptors (Lipinski definition) is 6. The van der Waals surface area contributed by atoms with E-state index in [2.05, 4.69) is 45.0 Å². The molecule has 0 aliphatic rings. The quantitative estimate of drug-likeness (QED) is 0.188. The smallest absolute Gasteiger partial charge is 0.184 e. The maximum atomic E-state index is 5.95. The Labute approximate surface area is 189 Å². The minimum atomic E-state index is -0.431. The molecule has 0 heterocycles. The normalized spacial score (nSPS) is 11.5. The molecule has 0 aromatic heterocycles. The van der Waals surface area contributed by atoms with Gasteiger partial charge in [0, 0.05) is 18.8 Å². The molecule has 0 fully saturated rings. The maximum Gasteiger partial charge on any atom is 0.184 e. The third kappa shape index (κ3) is 15.4. The molecule has 0 N–H and O–H groups in total. The zero-order valence-electron chi connectivity index (χ0n) is 19.9. The van der Waals surface area contributed by atoms with Gasteiger partial charge < -0.3 is 28.4 Å². The molecule has 0 bridgehead atoms. The summed E-state index contributed by atoms with van der Waals surface area (Å²) in [4.78, 5) is 0. The molecule has 0 saturated carbocycles. The Hall–Kier alpha value is -1.02. The number of ether oxygens (including phenoxy) is 6. The van der Waals surface area contributed by atoms with E-state index in [1.54, 1.807) is 0 Å². The number of rotatable bonds is 22. The van der Waals surface area contributed by atoms with Crippen LogP contribution < -0.4 is 0 Å². The van der Waals surface area contributed by atoms with Crippen LogP contribution in [0.25, 0.3) is 0 Å². The van der Waals surface area contributed by atoms with E-state index < -0.39 is 6.29 Å². The van der Waals surface area contributed by atoms with Crippen molar-refractivity contribution in [1.29, 1.82) is 0 Å². The summed E-state index contributed by atoms with van der Waals surface area (Å²) in [6, 6.07) is 8.36. The first-order valence-electron chi connectivity index (χ1n) is 11.9. The Bertz CT molecular complexity index is 471. The highest BCUT2D eigenvalue weighted by molar-refractivity contribution is 5.23. The first-order chi connectivity index (χ1) is 15.3. The van der Waals surface area contributed by atoms with Crippen molar-refractivity contribution >= 4 is 0 Å². The highest BCUT2D eigenvalue weighted by Gasteiger charge is 2.12. The molecule has 0 aliphatic heterocycles. The Morgan fingerprint density at radius 2 is 0.968 bits per heavy atom. The predicted octanol–water partition coefficient (Wildman–Crippen LogP) is 4.95. The van der Waals surface area contributed by atoms with Crippen molar-refractivity contribution in [1.82, 2.24) is 0 Å². The van der Waals surface area contributed by atoms with E-state index in [1.807, 2.05) is 0 Å². The highest BCUT2D eigenvalue weighted by Crippen LogP contribution is 2.20. The van der Waals surface area contributed by atoms with E-state index >= 15 is 0 Å². The molecule has 0 amide bonds. The van der Waals surface area contributed by atoms with Crippen LogP contribution in [0.2, 0.25) is 0 Å². The molecule has 180 valence electrons. The Balaban J connectivity index is 2.25. The third-order valence-electron chi connectivity index (χ3n) is 4.68. The van der Waals surface area contributed by atoms with E-state index in [-0.39, 0.29) is 0 Å². The van der Waals surface area contributed by atoms with Crippen molar-refractivity contribution in [2.24, 2.45) is 0 Å². The molecule has 0 atom stereocenters. The van der Waals surface area contributed by atoms with Gasteiger partial charge in [0.1, 0.15) is 0 Å². The van der Waals surface area contributed by atoms with Crippen LogP contribution in [0, 0.1) is 0 Å². The number of benzene rings is 1. The summed E-state index contributed by atoms with van der Waals surface area (Å²) in [5, 5.41) is 0. The van der Waals surface area contributed by atoms with Crippen LogP contribution >= 0.6 is 0 Å². The van der Waals surface area contributed by atoms with Crippen molar-refractivity contribution in [3.8, 4) is 0 Å². The molecule has 0 spiro atoms. The lowest BCUT2D eigenvalue weighted by molar-refractivity contribution is -0.163. The number of aryl methyl sites for hydroxylation is 1. The van der Waals surface area contributed by atoms with Gasteiger partial charge in [-0.2, -0.15) is 0 Å². The fraction of sp³-hybridized carbons (Fsp3) is 0.760. The third-order valence-corrected chi connectivity index (χ3v) is 4.68. The van der Waals surface area contributed by atoms with E-state index in [0.717, 1.165) is 50.9 Å². The molecule has 1 aromatic carbocycles. The Morgan fingerprint density at radius 3 is 1.39 bits per heavy atom. The van der Waals surface area contributed by atoms with E-state index in [4.69, 9.17) is 28.4 Å². The van der Waals surface area contributed by atoms with Crippen LogP contribution in [-0.4, -0.2) is 66.1 Å². The van der Waals surface area contributed by atoms with Crippen molar-refractivity contribution in [3.05, 3.63) is 35.4 Å². The first kappa shape index (κ1) is 28.0. The molecular weight excluding hydrogens is 396 g/mol. The van der Waals surface area contributed by atoms with Crippen LogP contribution in [-0.2, 0) is 34.8 Å². The van der Waals surface area contributed by atoms with Gasteiger partial charge in [0.2, 0.25) is 0 Å². The highest BCUT2D eigenvalue weighted by atomic mass is 16.7. The molecule has 6 heteroatoms. The second kappa shape index (κ2) is 20.9. The van der Waals surface area contributed by atoms with Crippen molar-refractivity contribution < 1.29 is 28.4 Å². The molecular formula is C25H44O6. The van der Waals surface area contributed by atoms with E-state index in [1.165, 1.54) is 5.56 Å². The molecule has 0 unspecified atom stereocenters. The van der Waals surface area contributed by atoms with Crippen LogP contribution in [0.5, 0.6) is 0 Å².